The molecule has 1 amide bonds. The van der Waals surface area contributed by atoms with Gasteiger partial charge in [0.05, 0.1) is 16.7 Å². The van der Waals surface area contributed by atoms with Crippen molar-refractivity contribution in [3.63, 3.8) is 0 Å². The van der Waals surface area contributed by atoms with Crippen molar-refractivity contribution in [2.45, 2.75) is 39.1 Å². The lowest BCUT2D eigenvalue weighted by molar-refractivity contribution is -0.137. The highest BCUT2D eigenvalue weighted by Crippen LogP contribution is 2.31. The van der Waals surface area contributed by atoms with E-state index in [4.69, 9.17) is 4.74 Å². The zero-order valence-corrected chi connectivity index (χ0v) is 15.1. The molecule has 1 N–H and O–H groups in total. The summed E-state index contributed by atoms with van der Waals surface area (Å²) in [5.74, 6) is -1.68. The van der Waals surface area contributed by atoms with Crippen LogP contribution in [-0.4, -0.2) is 22.5 Å². The first kappa shape index (κ1) is 20.4. The van der Waals surface area contributed by atoms with Crippen LogP contribution in [0.5, 0.6) is 0 Å². The fourth-order valence-electron chi connectivity index (χ4n) is 2.20. The topological polar surface area (TPSA) is 68.3 Å². The molecule has 0 atom stereocenters. The second kappa shape index (κ2) is 7.77. The maximum Gasteiger partial charge on any atom is 0.416 e. The van der Waals surface area contributed by atoms with Gasteiger partial charge < -0.3 is 10.1 Å². The van der Waals surface area contributed by atoms with Crippen molar-refractivity contribution in [1.82, 2.24) is 10.3 Å². The largest absolute Gasteiger partial charge is 0.456 e. The number of amides is 1. The Morgan fingerprint density at radius 1 is 1.04 bits per heavy atom. The van der Waals surface area contributed by atoms with Gasteiger partial charge in [0.25, 0.3) is 5.91 Å². The summed E-state index contributed by atoms with van der Waals surface area (Å²) in [7, 11) is 0. The molecule has 0 aliphatic heterocycles. The van der Waals surface area contributed by atoms with Crippen LogP contribution in [0.15, 0.2) is 42.7 Å². The van der Waals surface area contributed by atoms with E-state index in [0.29, 0.717) is 6.07 Å². The van der Waals surface area contributed by atoms with Crippen LogP contribution in [0.25, 0.3) is 0 Å². The molecule has 0 saturated carbocycles. The van der Waals surface area contributed by atoms with Crippen LogP contribution >= 0.6 is 0 Å². The maximum absolute atomic E-state index is 13.0. The van der Waals surface area contributed by atoms with E-state index in [1.54, 1.807) is 45.3 Å². The lowest BCUT2D eigenvalue weighted by Crippen LogP contribution is -2.29. The Bertz CT molecular complexity index is 828. The summed E-state index contributed by atoms with van der Waals surface area (Å²) < 4.78 is 44.2. The molecule has 1 heterocycles. The van der Waals surface area contributed by atoms with Gasteiger partial charge in [0, 0.05) is 18.9 Å². The van der Waals surface area contributed by atoms with Crippen LogP contribution in [0.4, 0.5) is 13.2 Å². The molecule has 0 aliphatic carbocycles. The van der Waals surface area contributed by atoms with Crippen LogP contribution in [0.2, 0.25) is 0 Å². The number of ether oxygens (including phenoxy) is 1. The van der Waals surface area contributed by atoms with Gasteiger partial charge >= 0.3 is 12.1 Å². The van der Waals surface area contributed by atoms with Crippen molar-refractivity contribution in [2.75, 3.05) is 0 Å². The summed E-state index contributed by atoms with van der Waals surface area (Å²) in [5, 5.41) is 2.58. The number of nitrogens with one attached hydrogen (secondary N) is 1. The minimum atomic E-state index is -4.65. The molecule has 144 valence electrons. The van der Waals surface area contributed by atoms with Crippen LogP contribution in [0, 0.1) is 0 Å². The number of esters is 1. The van der Waals surface area contributed by atoms with Crippen molar-refractivity contribution >= 4 is 11.9 Å². The zero-order chi connectivity index (χ0) is 20.2. The molecule has 1 aromatic heterocycles. The van der Waals surface area contributed by atoms with Gasteiger partial charge in [-0.05, 0) is 56.7 Å². The van der Waals surface area contributed by atoms with E-state index in [2.05, 4.69) is 10.3 Å². The van der Waals surface area contributed by atoms with Gasteiger partial charge in [0.2, 0.25) is 0 Å². The number of nitrogens with zero attached hydrogens (tertiary/aromatic N) is 1. The predicted molar refractivity (Wildman–Crippen MR) is 92.0 cm³/mol. The summed E-state index contributed by atoms with van der Waals surface area (Å²) in [5.41, 5.74) is -1.83. The van der Waals surface area contributed by atoms with Gasteiger partial charge in [0.1, 0.15) is 5.60 Å². The second-order valence-corrected chi connectivity index (χ2v) is 6.80. The summed E-state index contributed by atoms with van der Waals surface area (Å²) in [6, 6.07) is 5.73. The fraction of sp³-hybridized carbons (Fsp3) is 0.316. The predicted octanol–water partition coefficient (Wildman–Crippen LogP) is 3.99. The van der Waals surface area contributed by atoms with Crippen LogP contribution in [0.1, 0.15) is 52.6 Å². The van der Waals surface area contributed by atoms with Crippen molar-refractivity contribution in [1.29, 1.82) is 0 Å². The Balaban J connectivity index is 2.33. The van der Waals surface area contributed by atoms with E-state index in [1.165, 1.54) is 0 Å². The van der Waals surface area contributed by atoms with E-state index >= 15 is 0 Å². The molecular weight excluding hydrogens is 361 g/mol. The van der Waals surface area contributed by atoms with Crippen molar-refractivity contribution in [3.8, 4) is 0 Å². The molecule has 0 fully saturated rings. The molecule has 0 bridgehead atoms. The number of pyridine rings is 1. The molecular formula is C19H19F3N2O3. The van der Waals surface area contributed by atoms with Crippen LogP contribution in [-0.2, 0) is 17.5 Å². The number of alkyl halides is 3. The van der Waals surface area contributed by atoms with E-state index in [-0.39, 0.29) is 12.1 Å². The smallest absolute Gasteiger partial charge is 0.416 e. The van der Waals surface area contributed by atoms with E-state index in [0.717, 1.165) is 17.7 Å². The number of rotatable bonds is 4. The molecule has 0 radical (unpaired) electrons. The Morgan fingerprint density at radius 3 is 2.22 bits per heavy atom. The molecule has 8 heteroatoms. The molecule has 0 saturated heterocycles. The Labute approximate surface area is 154 Å². The Kier molecular flexibility index (Phi) is 5.88. The van der Waals surface area contributed by atoms with Gasteiger partial charge in [-0.1, -0.05) is 0 Å². The van der Waals surface area contributed by atoms with Gasteiger partial charge in [-0.15, -0.1) is 0 Å². The fourth-order valence-corrected chi connectivity index (χ4v) is 2.20. The summed E-state index contributed by atoms with van der Waals surface area (Å²) in [4.78, 5) is 28.7. The number of benzene rings is 1. The first-order chi connectivity index (χ1) is 12.5. The van der Waals surface area contributed by atoms with Crippen molar-refractivity contribution in [2.24, 2.45) is 0 Å². The first-order valence-electron chi connectivity index (χ1n) is 8.09. The average Bonchev–Trinajstić information content (AvgIpc) is 2.57. The lowest BCUT2D eigenvalue weighted by Gasteiger charge is -2.21. The average molecular weight is 380 g/mol. The monoisotopic (exact) mass is 380 g/mol. The minimum Gasteiger partial charge on any atom is -0.456 e. The third kappa shape index (κ3) is 5.80. The molecule has 5 nitrogen and oxygen atoms in total. The highest BCUT2D eigenvalue weighted by Gasteiger charge is 2.33. The third-order valence-electron chi connectivity index (χ3n) is 3.41. The highest BCUT2D eigenvalue weighted by atomic mass is 19.4. The molecule has 27 heavy (non-hydrogen) atoms. The zero-order valence-electron chi connectivity index (χ0n) is 15.1. The molecule has 2 rings (SSSR count). The summed E-state index contributed by atoms with van der Waals surface area (Å²) in [6.07, 6.45) is -1.56. The number of hydrogen-bond acceptors (Lipinski definition) is 4. The van der Waals surface area contributed by atoms with Gasteiger partial charge in [-0.25, -0.2) is 4.79 Å². The summed E-state index contributed by atoms with van der Waals surface area (Å²) >= 11 is 0. The second-order valence-electron chi connectivity index (χ2n) is 6.80. The third-order valence-corrected chi connectivity index (χ3v) is 3.41. The standard InChI is InChI=1S/C19H19F3N2O3/c1-18(2,3)27-17(26)15-10-13(19(20,21)22)4-5-14(15)16(25)24-11-12-6-8-23-9-7-12/h4-10H,11H2,1-3H3,(H,24,25). The van der Waals surface area contributed by atoms with E-state index in [9.17, 15) is 22.8 Å². The first-order valence-corrected chi connectivity index (χ1v) is 8.09. The highest BCUT2D eigenvalue weighted by molar-refractivity contribution is 6.05. The normalized spacial score (nSPS) is 11.8. The summed E-state index contributed by atoms with van der Waals surface area (Å²) in [6.45, 7) is 4.89. The van der Waals surface area contributed by atoms with E-state index in [1.807, 2.05) is 0 Å². The van der Waals surface area contributed by atoms with Crippen LogP contribution in [0.3, 0.4) is 0 Å². The number of carbonyl (C=O) groups is 2. The number of hydrogen-bond donors (Lipinski definition) is 1. The Morgan fingerprint density at radius 2 is 1.67 bits per heavy atom. The van der Waals surface area contributed by atoms with Gasteiger partial charge in [-0.2, -0.15) is 13.2 Å². The molecule has 1 aromatic carbocycles. The quantitative estimate of drug-likeness (QED) is 0.815. The lowest BCUT2D eigenvalue weighted by atomic mass is 10.0. The molecule has 0 aliphatic rings. The maximum atomic E-state index is 13.0. The molecule has 0 unspecified atom stereocenters. The van der Waals surface area contributed by atoms with Gasteiger partial charge in [-0.3, -0.25) is 9.78 Å². The molecule has 0 spiro atoms. The van der Waals surface area contributed by atoms with Crippen molar-refractivity contribution in [3.05, 3.63) is 65.0 Å². The molecule has 2 aromatic rings. The SMILES string of the molecule is CC(C)(C)OC(=O)c1cc(C(F)(F)F)ccc1C(=O)NCc1ccncc1. The number of halogens is 3. The number of aromatic nitrogens is 1. The van der Waals surface area contributed by atoms with Gasteiger partial charge in [0.15, 0.2) is 0 Å². The minimum absolute atomic E-state index is 0.135. The van der Waals surface area contributed by atoms with Crippen molar-refractivity contribution < 1.29 is 27.5 Å². The number of carbonyl (C=O) groups excluding carboxylic acids is 2. The van der Waals surface area contributed by atoms with Crippen LogP contribution < -0.4 is 5.32 Å². The van der Waals surface area contributed by atoms with E-state index < -0.39 is 34.8 Å². The Hall–Kier alpha value is -2.90.